The summed E-state index contributed by atoms with van der Waals surface area (Å²) in [5, 5.41) is 2.98. The Morgan fingerprint density at radius 1 is 1.62 bits per heavy atom. The summed E-state index contributed by atoms with van der Waals surface area (Å²) in [5.74, 6) is 0.722. The number of rotatable bonds is 6. The van der Waals surface area contributed by atoms with E-state index in [0.29, 0.717) is 24.9 Å². The predicted octanol–water partition coefficient (Wildman–Crippen LogP) is 1.03. The molecule has 0 aromatic heterocycles. The summed E-state index contributed by atoms with van der Waals surface area (Å²) in [7, 11) is 0. The van der Waals surface area contributed by atoms with Gasteiger partial charge in [0.15, 0.2) is 0 Å². The van der Waals surface area contributed by atoms with E-state index >= 15 is 0 Å². The van der Waals surface area contributed by atoms with Gasteiger partial charge in [-0.05, 0) is 31.7 Å². The molecule has 3 N–H and O–H groups in total. The van der Waals surface area contributed by atoms with E-state index in [1.54, 1.807) is 0 Å². The second kappa shape index (κ2) is 5.22. The van der Waals surface area contributed by atoms with E-state index in [1.165, 1.54) is 12.8 Å². The summed E-state index contributed by atoms with van der Waals surface area (Å²) < 4.78 is 0. The minimum atomic E-state index is 0.203. The van der Waals surface area contributed by atoms with Crippen LogP contribution >= 0.6 is 0 Å². The second-order valence-electron chi connectivity index (χ2n) is 3.89. The fourth-order valence-electron chi connectivity index (χ4n) is 1.35. The number of carbonyl (C=O) groups excluding carboxylic acids is 1. The maximum absolute atomic E-state index is 11.3. The monoisotopic (exact) mass is 184 g/mol. The molecule has 0 saturated heterocycles. The molecular weight excluding hydrogens is 164 g/mol. The minimum absolute atomic E-state index is 0.203. The van der Waals surface area contributed by atoms with Crippen molar-refractivity contribution in [1.29, 1.82) is 0 Å². The molecule has 0 heterocycles. The molecule has 0 bridgehead atoms. The van der Waals surface area contributed by atoms with Gasteiger partial charge < -0.3 is 11.1 Å². The van der Waals surface area contributed by atoms with Crippen LogP contribution in [-0.4, -0.2) is 18.5 Å². The largest absolute Gasteiger partial charge is 0.353 e. The van der Waals surface area contributed by atoms with Crippen LogP contribution in [0, 0.1) is 5.92 Å². The summed E-state index contributed by atoms with van der Waals surface area (Å²) in [5.41, 5.74) is 5.55. The Morgan fingerprint density at radius 3 is 2.77 bits per heavy atom. The highest BCUT2D eigenvalue weighted by Crippen LogP contribution is 2.19. The smallest absolute Gasteiger partial charge is 0.220 e. The van der Waals surface area contributed by atoms with Gasteiger partial charge in [0, 0.05) is 12.5 Å². The topological polar surface area (TPSA) is 55.1 Å². The lowest BCUT2D eigenvalue weighted by Gasteiger charge is -2.11. The third kappa shape index (κ3) is 4.27. The number of carbonyl (C=O) groups is 1. The van der Waals surface area contributed by atoms with Gasteiger partial charge in [0.1, 0.15) is 0 Å². The summed E-state index contributed by atoms with van der Waals surface area (Å²) in [6.07, 6.45) is 4.99. The van der Waals surface area contributed by atoms with Crippen molar-refractivity contribution in [2.45, 2.75) is 45.1 Å². The van der Waals surface area contributed by atoms with Crippen LogP contribution in [0.15, 0.2) is 0 Å². The molecule has 1 fully saturated rings. The molecule has 13 heavy (non-hydrogen) atoms. The molecule has 1 saturated carbocycles. The Hall–Kier alpha value is -0.570. The molecule has 0 radical (unpaired) electrons. The van der Waals surface area contributed by atoms with Gasteiger partial charge >= 0.3 is 0 Å². The van der Waals surface area contributed by atoms with E-state index in [-0.39, 0.29) is 5.91 Å². The van der Waals surface area contributed by atoms with Crippen molar-refractivity contribution < 1.29 is 4.79 Å². The standard InChI is InChI=1S/C10H20N2O/c1-2-8(7-11)3-6-10(13)12-9-4-5-9/h8-9H,2-7,11H2,1H3,(H,12,13). The Balaban J connectivity index is 2.05. The van der Waals surface area contributed by atoms with Gasteiger partial charge in [-0.25, -0.2) is 0 Å². The zero-order valence-corrected chi connectivity index (χ0v) is 8.38. The van der Waals surface area contributed by atoms with Crippen LogP contribution in [0.3, 0.4) is 0 Å². The van der Waals surface area contributed by atoms with E-state index in [1.807, 2.05) is 0 Å². The second-order valence-corrected chi connectivity index (χ2v) is 3.89. The molecular formula is C10H20N2O. The number of hydrogen-bond acceptors (Lipinski definition) is 2. The summed E-state index contributed by atoms with van der Waals surface area (Å²) >= 11 is 0. The molecule has 0 aliphatic heterocycles. The highest BCUT2D eigenvalue weighted by Gasteiger charge is 2.23. The normalized spacial score (nSPS) is 18.3. The molecule has 0 spiro atoms. The maximum atomic E-state index is 11.3. The van der Waals surface area contributed by atoms with Crippen molar-refractivity contribution in [2.24, 2.45) is 11.7 Å². The SMILES string of the molecule is CCC(CN)CCC(=O)NC1CC1. The lowest BCUT2D eigenvalue weighted by atomic mass is 10.0. The van der Waals surface area contributed by atoms with E-state index < -0.39 is 0 Å². The highest BCUT2D eigenvalue weighted by molar-refractivity contribution is 5.76. The highest BCUT2D eigenvalue weighted by atomic mass is 16.1. The average molecular weight is 184 g/mol. The van der Waals surface area contributed by atoms with Gasteiger partial charge in [-0.2, -0.15) is 0 Å². The third-order valence-electron chi connectivity index (χ3n) is 2.63. The summed E-state index contributed by atoms with van der Waals surface area (Å²) in [6, 6.07) is 0.491. The molecule has 1 rings (SSSR count). The minimum Gasteiger partial charge on any atom is -0.353 e. The maximum Gasteiger partial charge on any atom is 0.220 e. The fourth-order valence-corrected chi connectivity index (χ4v) is 1.35. The van der Waals surface area contributed by atoms with Crippen LogP contribution < -0.4 is 11.1 Å². The zero-order chi connectivity index (χ0) is 9.68. The van der Waals surface area contributed by atoms with Gasteiger partial charge in [-0.1, -0.05) is 13.3 Å². The molecule has 1 aliphatic carbocycles. The van der Waals surface area contributed by atoms with Crippen LogP contribution in [0.4, 0.5) is 0 Å². The first-order chi connectivity index (χ1) is 6.26. The number of nitrogens with one attached hydrogen (secondary N) is 1. The molecule has 1 unspecified atom stereocenters. The predicted molar refractivity (Wildman–Crippen MR) is 53.2 cm³/mol. The quantitative estimate of drug-likeness (QED) is 0.648. The fraction of sp³-hybridized carbons (Fsp3) is 0.900. The van der Waals surface area contributed by atoms with Crippen molar-refractivity contribution >= 4 is 5.91 Å². The summed E-state index contributed by atoms with van der Waals surface area (Å²) in [6.45, 7) is 2.82. The Morgan fingerprint density at radius 2 is 2.31 bits per heavy atom. The number of nitrogens with two attached hydrogens (primary N) is 1. The Labute approximate surface area is 80.1 Å². The molecule has 0 aromatic carbocycles. The Kier molecular flexibility index (Phi) is 4.22. The molecule has 3 heteroatoms. The van der Waals surface area contributed by atoms with Crippen molar-refractivity contribution in [1.82, 2.24) is 5.32 Å². The molecule has 0 aromatic rings. The number of amides is 1. The van der Waals surface area contributed by atoms with Crippen LogP contribution in [0.1, 0.15) is 39.0 Å². The van der Waals surface area contributed by atoms with Crippen LogP contribution in [-0.2, 0) is 4.79 Å². The molecule has 1 amide bonds. The van der Waals surface area contributed by atoms with Gasteiger partial charge in [-0.3, -0.25) is 4.79 Å². The van der Waals surface area contributed by atoms with Crippen molar-refractivity contribution in [2.75, 3.05) is 6.54 Å². The number of hydrogen-bond donors (Lipinski definition) is 2. The molecule has 3 nitrogen and oxygen atoms in total. The van der Waals surface area contributed by atoms with Crippen molar-refractivity contribution in [3.8, 4) is 0 Å². The van der Waals surface area contributed by atoms with Gasteiger partial charge in [0.05, 0.1) is 0 Å². The third-order valence-corrected chi connectivity index (χ3v) is 2.63. The zero-order valence-electron chi connectivity index (χ0n) is 8.38. The first-order valence-corrected chi connectivity index (χ1v) is 5.25. The van der Waals surface area contributed by atoms with Crippen LogP contribution in [0.25, 0.3) is 0 Å². The van der Waals surface area contributed by atoms with Gasteiger partial charge in [0.25, 0.3) is 0 Å². The van der Waals surface area contributed by atoms with Crippen molar-refractivity contribution in [3.05, 3.63) is 0 Å². The Bertz CT molecular complexity index is 162. The van der Waals surface area contributed by atoms with E-state index in [2.05, 4.69) is 12.2 Å². The van der Waals surface area contributed by atoms with Gasteiger partial charge in [-0.15, -0.1) is 0 Å². The van der Waals surface area contributed by atoms with E-state index in [0.717, 1.165) is 12.8 Å². The lowest BCUT2D eigenvalue weighted by molar-refractivity contribution is -0.121. The first kappa shape index (κ1) is 10.5. The average Bonchev–Trinajstić information content (AvgIpc) is 2.90. The summed E-state index contributed by atoms with van der Waals surface area (Å²) in [4.78, 5) is 11.3. The van der Waals surface area contributed by atoms with E-state index in [9.17, 15) is 4.79 Å². The van der Waals surface area contributed by atoms with Gasteiger partial charge in [0.2, 0.25) is 5.91 Å². The van der Waals surface area contributed by atoms with Crippen molar-refractivity contribution in [3.63, 3.8) is 0 Å². The lowest BCUT2D eigenvalue weighted by Crippen LogP contribution is -2.26. The molecule has 1 aliphatic rings. The molecule has 76 valence electrons. The van der Waals surface area contributed by atoms with E-state index in [4.69, 9.17) is 5.73 Å². The first-order valence-electron chi connectivity index (χ1n) is 5.25. The van der Waals surface area contributed by atoms with Crippen LogP contribution in [0.2, 0.25) is 0 Å². The van der Waals surface area contributed by atoms with Crippen LogP contribution in [0.5, 0.6) is 0 Å². The molecule has 1 atom stereocenters.